The summed E-state index contributed by atoms with van der Waals surface area (Å²) in [5.74, 6) is 1.95. The molecule has 1 aromatic carbocycles. The van der Waals surface area contributed by atoms with Crippen molar-refractivity contribution in [2.24, 2.45) is 0 Å². The van der Waals surface area contributed by atoms with Gasteiger partial charge in [-0.3, -0.25) is 4.90 Å². The molecule has 0 unspecified atom stereocenters. The number of H-pyrrole nitrogens is 1. The van der Waals surface area contributed by atoms with Crippen LogP contribution in [0.3, 0.4) is 0 Å². The maximum atomic E-state index is 5.84. The van der Waals surface area contributed by atoms with E-state index in [1.165, 1.54) is 0 Å². The van der Waals surface area contributed by atoms with Crippen LogP contribution in [0.5, 0.6) is 5.75 Å². The molecule has 1 saturated heterocycles. The first-order chi connectivity index (χ1) is 11.2. The van der Waals surface area contributed by atoms with Crippen molar-refractivity contribution in [2.75, 3.05) is 26.8 Å². The third-order valence-corrected chi connectivity index (χ3v) is 4.55. The normalized spacial score (nSPS) is 21.7. The summed E-state index contributed by atoms with van der Waals surface area (Å²) in [6.07, 6.45) is 1.22. The molecule has 1 aliphatic heterocycles. The average Bonchev–Trinajstić information content (AvgIpc) is 3.12. The Morgan fingerprint density at radius 3 is 2.70 bits per heavy atom. The molecule has 1 aromatic heterocycles. The van der Waals surface area contributed by atoms with E-state index < -0.39 is 0 Å². The van der Waals surface area contributed by atoms with Gasteiger partial charge in [-0.05, 0) is 32.4 Å². The van der Waals surface area contributed by atoms with Crippen LogP contribution in [0.25, 0.3) is 0 Å². The van der Waals surface area contributed by atoms with Crippen molar-refractivity contribution < 1.29 is 9.47 Å². The molecule has 1 N–H and O–H groups in total. The maximum absolute atomic E-state index is 5.84. The van der Waals surface area contributed by atoms with Crippen LogP contribution in [-0.4, -0.2) is 47.8 Å². The van der Waals surface area contributed by atoms with Gasteiger partial charge in [0.25, 0.3) is 0 Å². The summed E-state index contributed by atoms with van der Waals surface area (Å²) in [7, 11) is 1.78. The first-order valence-electron chi connectivity index (χ1n) is 8.15. The van der Waals surface area contributed by atoms with Gasteiger partial charge >= 0.3 is 0 Å². The number of imidazole rings is 1. The number of nitrogens with zero attached hydrogens (tertiary/aromatic N) is 2. The van der Waals surface area contributed by atoms with E-state index in [4.69, 9.17) is 9.47 Å². The fourth-order valence-electron chi connectivity index (χ4n) is 3.09. The Bertz CT molecular complexity index is 607. The molecule has 0 bridgehead atoms. The highest BCUT2D eigenvalue weighted by molar-refractivity contribution is 5.21. The number of hydrogen-bond donors (Lipinski definition) is 1. The third-order valence-electron chi connectivity index (χ3n) is 4.55. The second kappa shape index (κ2) is 7.15. The van der Waals surface area contributed by atoms with Crippen molar-refractivity contribution in [3.05, 3.63) is 47.5 Å². The zero-order chi connectivity index (χ0) is 16.2. The molecular weight excluding hydrogens is 290 g/mol. The lowest BCUT2D eigenvalue weighted by molar-refractivity contribution is 0.105. The minimum atomic E-state index is 0.252. The van der Waals surface area contributed by atoms with Gasteiger partial charge in [0.2, 0.25) is 0 Å². The number of likely N-dealkylation sites (tertiary alicyclic amines) is 1. The zero-order valence-electron chi connectivity index (χ0n) is 14.1. The molecule has 0 spiro atoms. The number of nitrogens with one attached hydrogen (secondary N) is 1. The molecule has 0 saturated carbocycles. The average molecular weight is 315 g/mol. The van der Waals surface area contributed by atoms with Crippen LogP contribution in [0.2, 0.25) is 0 Å². The Labute approximate surface area is 137 Å². The van der Waals surface area contributed by atoms with Crippen LogP contribution in [0.4, 0.5) is 0 Å². The fourth-order valence-corrected chi connectivity index (χ4v) is 3.09. The number of benzene rings is 1. The second-order valence-corrected chi connectivity index (χ2v) is 6.10. The van der Waals surface area contributed by atoms with Crippen molar-refractivity contribution in [2.45, 2.75) is 32.4 Å². The highest BCUT2D eigenvalue weighted by Gasteiger charge is 2.34. The summed E-state index contributed by atoms with van der Waals surface area (Å²) in [5, 5.41) is 0. The molecule has 0 radical (unpaired) electrons. The van der Waals surface area contributed by atoms with Gasteiger partial charge in [-0.2, -0.15) is 0 Å². The van der Waals surface area contributed by atoms with Crippen LogP contribution in [-0.2, 0) is 4.74 Å². The SMILES string of the molecule is CO[C@@H]1C[C@@H](c2nc(C)c(C)[nH]2)N(CCOc2ccccc2)C1. The quantitative estimate of drug-likeness (QED) is 0.890. The summed E-state index contributed by atoms with van der Waals surface area (Å²) in [6, 6.07) is 10.2. The molecule has 2 heterocycles. The molecule has 5 heteroatoms. The number of ether oxygens (including phenoxy) is 2. The molecule has 23 heavy (non-hydrogen) atoms. The molecule has 0 aliphatic carbocycles. The second-order valence-electron chi connectivity index (χ2n) is 6.10. The zero-order valence-corrected chi connectivity index (χ0v) is 14.1. The number of aryl methyl sites for hydroxylation is 2. The van der Waals surface area contributed by atoms with Crippen LogP contribution < -0.4 is 4.74 Å². The Morgan fingerprint density at radius 2 is 2.04 bits per heavy atom. The first kappa shape index (κ1) is 16.0. The molecule has 3 rings (SSSR count). The number of aromatic nitrogens is 2. The van der Waals surface area contributed by atoms with Gasteiger partial charge in [0.05, 0.1) is 17.8 Å². The molecule has 1 fully saturated rings. The fraction of sp³-hybridized carbons (Fsp3) is 0.500. The Kier molecular flexibility index (Phi) is 4.98. The molecule has 5 nitrogen and oxygen atoms in total. The molecule has 2 atom stereocenters. The molecule has 1 aliphatic rings. The van der Waals surface area contributed by atoms with Crippen LogP contribution in [0.1, 0.15) is 29.7 Å². The number of aromatic amines is 1. The predicted octanol–water partition coefficient (Wildman–Crippen LogP) is 2.87. The Balaban J connectivity index is 1.63. The minimum absolute atomic E-state index is 0.252. The van der Waals surface area contributed by atoms with Crippen molar-refractivity contribution in [3.63, 3.8) is 0 Å². The van der Waals surface area contributed by atoms with Gasteiger partial charge in [0, 0.05) is 25.9 Å². The highest BCUT2D eigenvalue weighted by atomic mass is 16.5. The molecule has 124 valence electrons. The number of rotatable bonds is 6. The summed E-state index contributed by atoms with van der Waals surface area (Å²) in [5.41, 5.74) is 2.21. The lowest BCUT2D eigenvalue weighted by atomic mass is 10.2. The largest absolute Gasteiger partial charge is 0.492 e. The van der Waals surface area contributed by atoms with E-state index in [1.807, 2.05) is 37.3 Å². The van der Waals surface area contributed by atoms with E-state index >= 15 is 0 Å². The summed E-state index contributed by atoms with van der Waals surface area (Å²) < 4.78 is 11.4. The van der Waals surface area contributed by atoms with E-state index in [2.05, 4.69) is 21.8 Å². The van der Waals surface area contributed by atoms with E-state index in [9.17, 15) is 0 Å². The van der Waals surface area contributed by atoms with E-state index in [0.29, 0.717) is 6.61 Å². The summed E-state index contributed by atoms with van der Waals surface area (Å²) >= 11 is 0. The third kappa shape index (κ3) is 3.74. The van der Waals surface area contributed by atoms with Gasteiger partial charge in [-0.1, -0.05) is 18.2 Å². The smallest absolute Gasteiger partial charge is 0.124 e. The lowest BCUT2D eigenvalue weighted by Gasteiger charge is -2.22. The highest BCUT2D eigenvalue weighted by Crippen LogP contribution is 2.31. The van der Waals surface area contributed by atoms with Crippen molar-refractivity contribution >= 4 is 0 Å². The van der Waals surface area contributed by atoms with E-state index in [0.717, 1.165) is 42.5 Å². The number of para-hydroxylation sites is 1. The van der Waals surface area contributed by atoms with Gasteiger partial charge in [0.1, 0.15) is 18.2 Å². The lowest BCUT2D eigenvalue weighted by Crippen LogP contribution is -2.30. The Hall–Kier alpha value is -1.85. The monoisotopic (exact) mass is 315 g/mol. The summed E-state index contributed by atoms with van der Waals surface area (Å²) in [4.78, 5) is 10.5. The number of methoxy groups -OCH3 is 1. The van der Waals surface area contributed by atoms with Crippen LogP contribution in [0.15, 0.2) is 30.3 Å². The molecular formula is C18H25N3O2. The predicted molar refractivity (Wildman–Crippen MR) is 89.7 cm³/mol. The van der Waals surface area contributed by atoms with Crippen molar-refractivity contribution in [3.8, 4) is 5.75 Å². The molecule has 0 amide bonds. The summed E-state index contributed by atoms with van der Waals surface area (Å²) in [6.45, 7) is 6.55. The van der Waals surface area contributed by atoms with Crippen LogP contribution in [0, 0.1) is 13.8 Å². The van der Waals surface area contributed by atoms with Gasteiger partial charge in [-0.15, -0.1) is 0 Å². The minimum Gasteiger partial charge on any atom is -0.492 e. The van der Waals surface area contributed by atoms with Crippen LogP contribution >= 0.6 is 0 Å². The standard InChI is InChI=1S/C18H25N3O2/c1-13-14(2)20-18(19-13)17-11-16(22-3)12-21(17)9-10-23-15-7-5-4-6-8-15/h4-8,16-17H,9-12H2,1-3H3,(H,19,20)/t16-,17+/m1/s1. The van der Waals surface area contributed by atoms with Crippen molar-refractivity contribution in [1.29, 1.82) is 0 Å². The first-order valence-corrected chi connectivity index (χ1v) is 8.15. The van der Waals surface area contributed by atoms with E-state index in [-0.39, 0.29) is 12.1 Å². The van der Waals surface area contributed by atoms with Crippen molar-refractivity contribution in [1.82, 2.24) is 14.9 Å². The maximum Gasteiger partial charge on any atom is 0.124 e. The van der Waals surface area contributed by atoms with E-state index in [1.54, 1.807) is 7.11 Å². The molecule has 2 aromatic rings. The van der Waals surface area contributed by atoms with Gasteiger partial charge in [-0.25, -0.2) is 4.98 Å². The number of hydrogen-bond acceptors (Lipinski definition) is 4. The van der Waals surface area contributed by atoms with Gasteiger partial charge < -0.3 is 14.5 Å². The van der Waals surface area contributed by atoms with Gasteiger partial charge in [0.15, 0.2) is 0 Å². The topological polar surface area (TPSA) is 50.4 Å². The Morgan fingerprint density at radius 1 is 1.26 bits per heavy atom.